The number of hydrogen-bond donors (Lipinski definition) is 0. The third-order valence-electron chi connectivity index (χ3n) is 0. The van der Waals surface area contributed by atoms with E-state index in [9.17, 15) is 0 Å². The molecule has 2 radical (unpaired) electrons. The fraction of sp³-hybridized carbons (Fsp3) is 0. The molecule has 0 aromatic carbocycles. The second kappa shape index (κ2) is 86.7. The summed E-state index contributed by atoms with van der Waals surface area (Å²) >= 11 is 0. The minimum absolute atomic E-state index is 0. The molecular formula is CCo2N-. The van der Waals surface area contributed by atoms with Gasteiger partial charge in [-0.1, -0.05) is 0 Å². The standard InChI is InChI=1S/CN.2Co/c1-2;;/q-1;;. The fourth-order valence-corrected chi connectivity index (χ4v) is 0. The third kappa shape index (κ3) is 22.3. The Kier molecular flexibility index (Phi) is 530. The second-order valence-corrected chi connectivity index (χ2v) is 0. The Balaban J connectivity index is -0.00000000500. The largest absolute Gasteiger partial charge is 0.512 e. The molecule has 0 aliphatic rings. The molecule has 0 fully saturated rings. The maximum Gasteiger partial charge on any atom is 0 e. The van der Waals surface area contributed by atoms with Crippen LogP contribution in [0.25, 0.3) is 0 Å². The van der Waals surface area contributed by atoms with Crippen molar-refractivity contribution in [2.24, 2.45) is 0 Å². The summed E-state index contributed by atoms with van der Waals surface area (Å²) in [6.45, 7) is 4.75. The molecule has 0 amide bonds. The molecule has 0 saturated heterocycles. The van der Waals surface area contributed by atoms with Crippen molar-refractivity contribution in [1.29, 1.82) is 5.26 Å². The monoisotopic (exact) mass is 144 g/mol. The Hall–Kier alpha value is 0.503. The van der Waals surface area contributed by atoms with Crippen LogP contribution < -0.4 is 0 Å². The minimum Gasteiger partial charge on any atom is -0.512 e. The van der Waals surface area contributed by atoms with Crippen molar-refractivity contribution in [3.05, 3.63) is 6.57 Å². The maximum atomic E-state index is 6.25. The van der Waals surface area contributed by atoms with E-state index in [1.165, 1.54) is 0 Å². The molecule has 0 saturated carbocycles. The van der Waals surface area contributed by atoms with Gasteiger partial charge < -0.3 is 11.8 Å². The Morgan fingerprint density at radius 2 is 1.00 bits per heavy atom. The van der Waals surface area contributed by atoms with Crippen LogP contribution in [-0.4, -0.2) is 0 Å². The van der Waals surface area contributed by atoms with E-state index in [4.69, 9.17) is 11.8 Å². The molecule has 1 nitrogen and oxygen atoms in total. The normalized spacial score (nSPS) is 0.500. The van der Waals surface area contributed by atoms with Crippen LogP contribution in [0.1, 0.15) is 0 Å². The van der Waals surface area contributed by atoms with Crippen LogP contribution in [0.5, 0.6) is 0 Å². The van der Waals surface area contributed by atoms with E-state index in [2.05, 4.69) is 0 Å². The van der Waals surface area contributed by atoms with Crippen molar-refractivity contribution < 1.29 is 33.6 Å². The molecule has 3 heteroatoms. The zero-order chi connectivity index (χ0) is 2.00. The summed E-state index contributed by atoms with van der Waals surface area (Å²) in [6, 6.07) is 0. The van der Waals surface area contributed by atoms with Crippen LogP contribution in [0.3, 0.4) is 0 Å². The summed E-state index contributed by atoms with van der Waals surface area (Å²) in [5.74, 6) is 0. The predicted octanol–water partition coefficient (Wildman–Crippen LogP) is 0.0914. The Labute approximate surface area is 45.8 Å². The number of rotatable bonds is 0. The Morgan fingerprint density at radius 3 is 1.00 bits per heavy atom. The van der Waals surface area contributed by atoms with Gasteiger partial charge in [0.15, 0.2) is 0 Å². The van der Waals surface area contributed by atoms with E-state index in [0.29, 0.717) is 0 Å². The van der Waals surface area contributed by atoms with Gasteiger partial charge >= 0.3 is 0 Å². The fourth-order valence-electron chi connectivity index (χ4n) is 0. The van der Waals surface area contributed by atoms with Crippen molar-refractivity contribution >= 4 is 0 Å². The zero-order valence-corrected chi connectivity index (χ0v) is 3.70. The van der Waals surface area contributed by atoms with Crippen molar-refractivity contribution in [2.45, 2.75) is 0 Å². The van der Waals surface area contributed by atoms with Crippen LogP contribution >= 0.6 is 0 Å². The van der Waals surface area contributed by atoms with E-state index in [-0.39, 0.29) is 33.6 Å². The first-order chi connectivity index (χ1) is 1.00. The molecule has 0 bridgehead atoms. The molecule has 0 aliphatic heterocycles. The first-order valence-electron chi connectivity index (χ1n) is 0.224. The molecule has 0 unspecified atom stereocenters. The van der Waals surface area contributed by atoms with Crippen molar-refractivity contribution in [3.8, 4) is 0 Å². The molecule has 0 aromatic heterocycles. The predicted molar refractivity (Wildman–Crippen MR) is 4.97 cm³/mol. The smallest absolute Gasteiger partial charge is 0 e. The van der Waals surface area contributed by atoms with E-state index >= 15 is 0 Å². The Morgan fingerprint density at radius 1 is 1.00 bits per heavy atom. The molecule has 0 aromatic rings. The molecule has 0 aliphatic carbocycles. The first kappa shape index (κ1) is 24.5. The first-order valence-corrected chi connectivity index (χ1v) is 0.224. The second-order valence-electron chi connectivity index (χ2n) is 0. The van der Waals surface area contributed by atoms with Gasteiger partial charge in [-0.2, -0.15) is 0 Å². The topological polar surface area (TPSA) is 23.8 Å². The van der Waals surface area contributed by atoms with Gasteiger partial charge in [-0.05, 0) is 0 Å². The minimum atomic E-state index is 0. The van der Waals surface area contributed by atoms with E-state index in [1.807, 2.05) is 0 Å². The molecular weight excluding hydrogens is 144 g/mol. The van der Waals surface area contributed by atoms with Crippen molar-refractivity contribution in [3.63, 3.8) is 0 Å². The SMILES string of the molecule is [C-]#N.[Co].[Co]. The third-order valence-corrected chi connectivity index (χ3v) is 0. The number of nitrogens with zero attached hydrogens (tertiary/aromatic N) is 1. The summed E-state index contributed by atoms with van der Waals surface area (Å²) in [5, 5.41) is 6.25. The maximum absolute atomic E-state index is 6.25. The van der Waals surface area contributed by atoms with Gasteiger partial charge in [0.1, 0.15) is 0 Å². The van der Waals surface area contributed by atoms with Gasteiger partial charge in [-0.25, -0.2) is 0 Å². The zero-order valence-electron chi connectivity index (χ0n) is 1.61. The van der Waals surface area contributed by atoms with Gasteiger partial charge in [0, 0.05) is 33.6 Å². The van der Waals surface area contributed by atoms with Gasteiger partial charge in [0.25, 0.3) is 0 Å². The van der Waals surface area contributed by atoms with Crippen LogP contribution in [0.15, 0.2) is 0 Å². The van der Waals surface area contributed by atoms with Gasteiger partial charge in [0.2, 0.25) is 0 Å². The van der Waals surface area contributed by atoms with E-state index < -0.39 is 0 Å². The molecule has 0 spiro atoms. The quantitative estimate of drug-likeness (QED) is 0.442. The Bertz CT molecular complexity index is 10.8. The van der Waals surface area contributed by atoms with Gasteiger partial charge in [-0.3, -0.25) is 0 Å². The van der Waals surface area contributed by atoms with Crippen molar-refractivity contribution in [2.75, 3.05) is 0 Å². The average Bonchev–Trinajstić information content (AvgIpc) is 1.00. The average molecular weight is 144 g/mol. The molecule has 28 valence electrons. The van der Waals surface area contributed by atoms with Crippen LogP contribution in [-0.2, 0) is 33.6 Å². The van der Waals surface area contributed by atoms with Gasteiger partial charge in [-0.15, -0.1) is 0 Å². The molecule has 4 heavy (non-hydrogen) atoms. The molecule has 0 rings (SSSR count). The molecule has 0 atom stereocenters. The summed E-state index contributed by atoms with van der Waals surface area (Å²) < 4.78 is 0. The summed E-state index contributed by atoms with van der Waals surface area (Å²) in [5.41, 5.74) is 0. The summed E-state index contributed by atoms with van der Waals surface area (Å²) in [4.78, 5) is 0. The summed E-state index contributed by atoms with van der Waals surface area (Å²) in [7, 11) is 0. The van der Waals surface area contributed by atoms with Crippen LogP contribution in [0, 0.1) is 11.8 Å². The molecule has 0 heterocycles. The summed E-state index contributed by atoms with van der Waals surface area (Å²) in [6.07, 6.45) is 0. The van der Waals surface area contributed by atoms with Crippen LogP contribution in [0.4, 0.5) is 0 Å². The van der Waals surface area contributed by atoms with Gasteiger partial charge in [0.05, 0.1) is 0 Å². The van der Waals surface area contributed by atoms with E-state index in [1.54, 1.807) is 0 Å². The van der Waals surface area contributed by atoms with Crippen LogP contribution in [0.2, 0.25) is 0 Å². The van der Waals surface area contributed by atoms with Crippen molar-refractivity contribution in [1.82, 2.24) is 0 Å². The van der Waals surface area contributed by atoms with E-state index in [0.717, 1.165) is 0 Å². The molecule has 0 N–H and O–H groups in total. The number of hydrogen-bond acceptors (Lipinski definition) is 1.